The summed E-state index contributed by atoms with van der Waals surface area (Å²) >= 11 is 0. The van der Waals surface area contributed by atoms with E-state index in [-0.39, 0.29) is 19.4 Å². The van der Waals surface area contributed by atoms with E-state index >= 15 is 0 Å². The molecule has 112 valence electrons. The smallest absolute Gasteiger partial charge is 0.426 e. The SMILES string of the molecule is CCOC(=O)NNC(=O)CCc1nc(-c2ccco2)no1. The molecule has 0 spiro atoms. The van der Waals surface area contributed by atoms with Gasteiger partial charge < -0.3 is 13.7 Å². The van der Waals surface area contributed by atoms with Crippen LogP contribution in [0.25, 0.3) is 11.6 Å². The highest BCUT2D eigenvalue weighted by atomic mass is 16.6. The highest BCUT2D eigenvalue weighted by Crippen LogP contribution is 2.16. The van der Waals surface area contributed by atoms with Gasteiger partial charge in [-0.1, -0.05) is 5.16 Å². The largest absolute Gasteiger partial charge is 0.461 e. The summed E-state index contributed by atoms with van der Waals surface area (Å²) in [6.45, 7) is 1.88. The molecule has 9 nitrogen and oxygen atoms in total. The molecule has 0 atom stereocenters. The number of nitrogens with one attached hydrogen (secondary N) is 2. The van der Waals surface area contributed by atoms with Crippen LogP contribution in [0.5, 0.6) is 0 Å². The average Bonchev–Trinajstić information content (AvgIpc) is 3.13. The topological polar surface area (TPSA) is 119 Å². The second-order valence-corrected chi connectivity index (χ2v) is 3.88. The van der Waals surface area contributed by atoms with E-state index in [2.05, 4.69) is 25.7 Å². The summed E-state index contributed by atoms with van der Waals surface area (Å²) < 4.78 is 14.7. The molecule has 2 aromatic heterocycles. The predicted octanol–water partition coefficient (Wildman–Crippen LogP) is 1.04. The van der Waals surface area contributed by atoms with Gasteiger partial charge in [0.15, 0.2) is 5.76 Å². The molecule has 0 aromatic carbocycles. The summed E-state index contributed by atoms with van der Waals surface area (Å²) in [5.41, 5.74) is 4.30. The maximum Gasteiger partial charge on any atom is 0.426 e. The normalized spacial score (nSPS) is 10.1. The summed E-state index contributed by atoms with van der Waals surface area (Å²) in [6.07, 6.45) is 1.10. The minimum Gasteiger partial charge on any atom is -0.461 e. The molecule has 0 aliphatic rings. The van der Waals surface area contributed by atoms with Gasteiger partial charge in [0.05, 0.1) is 12.9 Å². The molecule has 0 saturated heterocycles. The van der Waals surface area contributed by atoms with Crippen LogP contribution in [-0.4, -0.2) is 28.7 Å². The lowest BCUT2D eigenvalue weighted by molar-refractivity contribution is -0.122. The minimum absolute atomic E-state index is 0.0756. The lowest BCUT2D eigenvalue weighted by Gasteiger charge is -2.05. The van der Waals surface area contributed by atoms with Crippen LogP contribution >= 0.6 is 0 Å². The van der Waals surface area contributed by atoms with Crippen LogP contribution in [-0.2, 0) is 16.0 Å². The van der Waals surface area contributed by atoms with E-state index in [0.29, 0.717) is 17.5 Å². The van der Waals surface area contributed by atoms with E-state index in [1.807, 2.05) is 0 Å². The number of amides is 2. The molecule has 0 fully saturated rings. The van der Waals surface area contributed by atoms with Crippen molar-refractivity contribution in [3.63, 3.8) is 0 Å². The molecule has 2 heterocycles. The van der Waals surface area contributed by atoms with Crippen molar-refractivity contribution in [1.82, 2.24) is 21.0 Å². The number of carbonyl (C=O) groups is 2. The quantitative estimate of drug-likeness (QED) is 0.790. The Hall–Kier alpha value is -2.84. The van der Waals surface area contributed by atoms with E-state index in [0.717, 1.165) is 0 Å². The summed E-state index contributed by atoms with van der Waals surface area (Å²) in [6, 6.07) is 3.41. The number of rotatable bonds is 5. The van der Waals surface area contributed by atoms with Crippen LogP contribution in [0.15, 0.2) is 27.3 Å². The third kappa shape index (κ3) is 4.34. The fraction of sp³-hybridized carbons (Fsp3) is 0.333. The lowest BCUT2D eigenvalue weighted by atomic mass is 10.3. The summed E-state index contributed by atoms with van der Waals surface area (Å²) in [5, 5.41) is 3.73. The Balaban J connectivity index is 1.75. The maximum atomic E-state index is 11.5. The van der Waals surface area contributed by atoms with Gasteiger partial charge >= 0.3 is 6.09 Å². The fourth-order valence-corrected chi connectivity index (χ4v) is 1.43. The van der Waals surface area contributed by atoms with Crippen molar-refractivity contribution < 1.29 is 23.3 Å². The Bertz CT molecular complexity index is 593. The summed E-state index contributed by atoms with van der Waals surface area (Å²) in [4.78, 5) is 26.5. The van der Waals surface area contributed by atoms with Crippen molar-refractivity contribution in [3.8, 4) is 11.6 Å². The van der Waals surface area contributed by atoms with Gasteiger partial charge in [0.25, 0.3) is 0 Å². The Morgan fingerprint density at radius 2 is 2.24 bits per heavy atom. The van der Waals surface area contributed by atoms with Crippen molar-refractivity contribution in [2.24, 2.45) is 0 Å². The van der Waals surface area contributed by atoms with Gasteiger partial charge in [-0.15, -0.1) is 0 Å². The molecule has 0 aliphatic heterocycles. The molecule has 0 bridgehead atoms. The first kappa shape index (κ1) is 14.6. The zero-order valence-corrected chi connectivity index (χ0v) is 11.3. The van der Waals surface area contributed by atoms with Gasteiger partial charge in [0.1, 0.15) is 0 Å². The first-order chi connectivity index (χ1) is 10.2. The van der Waals surface area contributed by atoms with Crippen molar-refractivity contribution in [2.75, 3.05) is 6.61 Å². The van der Waals surface area contributed by atoms with Crippen LogP contribution in [0, 0.1) is 0 Å². The number of hydrogen-bond acceptors (Lipinski definition) is 7. The zero-order chi connectivity index (χ0) is 15.1. The number of aryl methyl sites for hydroxylation is 1. The molecule has 21 heavy (non-hydrogen) atoms. The van der Waals surface area contributed by atoms with E-state index < -0.39 is 12.0 Å². The Kier molecular flexibility index (Phi) is 4.91. The average molecular weight is 294 g/mol. The van der Waals surface area contributed by atoms with Gasteiger partial charge in [-0.3, -0.25) is 10.2 Å². The van der Waals surface area contributed by atoms with E-state index in [4.69, 9.17) is 8.94 Å². The molecule has 2 rings (SSSR count). The van der Waals surface area contributed by atoms with Crippen LogP contribution < -0.4 is 10.9 Å². The van der Waals surface area contributed by atoms with Crippen LogP contribution in [0.1, 0.15) is 19.2 Å². The highest BCUT2D eigenvalue weighted by Gasteiger charge is 2.12. The predicted molar refractivity (Wildman–Crippen MR) is 68.6 cm³/mol. The third-order valence-electron chi connectivity index (χ3n) is 2.35. The summed E-state index contributed by atoms with van der Waals surface area (Å²) in [7, 11) is 0. The first-order valence-electron chi connectivity index (χ1n) is 6.27. The van der Waals surface area contributed by atoms with Crippen molar-refractivity contribution in [2.45, 2.75) is 19.8 Å². The Morgan fingerprint density at radius 1 is 1.38 bits per heavy atom. The Labute approximate surface area is 119 Å². The van der Waals surface area contributed by atoms with E-state index in [1.165, 1.54) is 6.26 Å². The van der Waals surface area contributed by atoms with Gasteiger partial charge in [0.2, 0.25) is 17.6 Å². The van der Waals surface area contributed by atoms with Crippen LogP contribution in [0.2, 0.25) is 0 Å². The number of hydrazine groups is 1. The summed E-state index contributed by atoms with van der Waals surface area (Å²) in [5.74, 6) is 0.701. The number of furan rings is 1. The number of aromatic nitrogens is 2. The molecule has 0 saturated carbocycles. The molecule has 0 aliphatic carbocycles. The number of hydrogen-bond donors (Lipinski definition) is 2. The van der Waals surface area contributed by atoms with Crippen LogP contribution in [0.4, 0.5) is 4.79 Å². The third-order valence-corrected chi connectivity index (χ3v) is 2.35. The lowest BCUT2D eigenvalue weighted by Crippen LogP contribution is -2.42. The van der Waals surface area contributed by atoms with Crippen molar-refractivity contribution in [3.05, 3.63) is 24.3 Å². The van der Waals surface area contributed by atoms with Gasteiger partial charge in [-0.2, -0.15) is 4.98 Å². The van der Waals surface area contributed by atoms with Crippen molar-refractivity contribution in [1.29, 1.82) is 0 Å². The molecule has 0 radical (unpaired) electrons. The molecule has 9 heteroatoms. The molecular formula is C12H14N4O5. The van der Waals surface area contributed by atoms with E-state index in [9.17, 15) is 9.59 Å². The van der Waals surface area contributed by atoms with Crippen molar-refractivity contribution >= 4 is 12.0 Å². The fourth-order valence-electron chi connectivity index (χ4n) is 1.43. The maximum absolute atomic E-state index is 11.5. The standard InChI is InChI=1S/C12H14N4O5/c1-2-19-12(18)15-14-9(17)5-6-10-13-11(16-21-10)8-4-3-7-20-8/h3-4,7H,2,5-6H2,1H3,(H,14,17)(H,15,18). The number of carbonyl (C=O) groups excluding carboxylic acids is 2. The first-order valence-corrected chi connectivity index (χ1v) is 6.27. The monoisotopic (exact) mass is 294 g/mol. The minimum atomic E-state index is -0.719. The van der Waals surface area contributed by atoms with E-state index in [1.54, 1.807) is 19.1 Å². The molecular weight excluding hydrogens is 280 g/mol. The second-order valence-electron chi connectivity index (χ2n) is 3.88. The number of ether oxygens (including phenoxy) is 1. The van der Waals surface area contributed by atoms with Crippen LogP contribution in [0.3, 0.4) is 0 Å². The number of nitrogens with zero attached hydrogens (tertiary/aromatic N) is 2. The van der Waals surface area contributed by atoms with Gasteiger partial charge in [-0.25, -0.2) is 10.2 Å². The Morgan fingerprint density at radius 3 is 2.95 bits per heavy atom. The molecule has 2 aromatic rings. The van der Waals surface area contributed by atoms with Gasteiger partial charge in [-0.05, 0) is 19.1 Å². The van der Waals surface area contributed by atoms with Gasteiger partial charge in [0, 0.05) is 12.8 Å². The zero-order valence-electron chi connectivity index (χ0n) is 11.3. The second kappa shape index (κ2) is 7.08. The molecule has 0 unspecified atom stereocenters. The highest BCUT2D eigenvalue weighted by molar-refractivity contribution is 5.79. The molecule has 2 N–H and O–H groups in total. The molecule has 2 amide bonds.